The molecule has 8 nitrogen and oxygen atoms in total. The standard InChI is InChI=1S/C33H38N4O4S2/c1-21-4-6-25(7-5-21)43(40,41)37-22(2)18-28-29(20-36(3)32(38)31(28)37)27-19-26(42(34,39)24-8-9-24)10-11-30(27)35-23-12-14-33(15-13-23)16-17-33/h4-7,10-11,18-20,23-24,34-35H,8-9,12-17H2,1-3H3. The molecule has 4 aromatic rings. The lowest BCUT2D eigenvalue weighted by atomic mass is 9.83. The average molecular weight is 619 g/mol. The van der Waals surface area contributed by atoms with Crippen LogP contribution in [0.25, 0.3) is 22.0 Å². The minimum absolute atomic E-state index is 0.0802. The summed E-state index contributed by atoms with van der Waals surface area (Å²) < 4.78 is 52.8. The van der Waals surface area contributed by atoms with Crippen LogP contribution in [0.4, 0.5) is 5.69 Å². The quantitative estimate of drug-likeness (QED) is 0.243. The first kappa shape index (κ1) is 28.4. The number of rotatable bonds is 7. The topological polar surface area (TPSA) is 114 Å². The van der Waals surface area contributed by atoms with Crippen molar-refractivity contribution in [1.82, 2.24) is 8.54 Å². The number of benzene rings is 2. The summed E-state index contributed by atoms with van der Waals surface area (Å²) in [7, 11) is -5.43. The van der Waals surface area contributed by atoms with Gasteiger partial charge in [-0.2, -0.15) is 0 Å². The Morgan fingerprint density at radius 1 is 0.860 bits per heavy atom. The van der Waals surface area contributed by atoms with Crippen molar-refractivity contribution in [3.05, 3.63) is 76.3 Å². The zero-order valence-corrected chi connectivity index (χ0v) is 26.5. The van der Waals surface area contributed by atoms with Crippen LogP contribution in [0.3, 0.4) is 0 Å². The third-order valence-electron chi connectivity index (χ3n) is 9.81. The number of fused-ring (bicyclic) bond motifs is 1. The molecule has 2 heterocycles. The van der Waals surface area contributed by atoms with E-state index < -0.39 is 25.3 Å². The highest BCUT2D eigenvalue weighted by Crippen LogP contribution is 2.56. The molecule has 2 N–H and O–H groups in total. The highest BCUT2D eigenvalue weighted by Gasteiger charge is 2.44. The lowest BCUT2D eigenvalue weighted by molar-refractivity contribution is 0.317. The van der Waals surface area contributed by atoms with Crippen LogP contribution < -0.4 is 10.9 Å². The number of pyridine rings is 1. The molecule has 3 fully saturated rings. The van der Waals surface area contributed by atoms with E-state index in [1.54, 1.807) is 50.5 Å². The van der Waals surface area contributed by atoms with Gasteiger partial charge in [0.15, 0.2) is 0 Å². The summed E-state index contributed by atoms with van der Waals surface area (Å²) >= 11 is 0. The lowest BCUT2D eigenvalue weighted by Crippen LogP contribution is -2.27. The van der Waals surface area contributed by atoms with Crippen molar-refractivity contribution < 1.29 is 12.6 Å². The van der Waals surface area contributed by atoms with Gasteiger partial charge in [0.25, 0.3) is 15.6 Å². The van der Waals surface area contributed by atoms with Crippen molar-refractivity contribution in [2.24, 2.45) is 12.5 Å². The number of aryl methyl sites for hydroxylation is 3. The maximum atomic E-state index is 13.9. The molecular weight excluding hydrogens is 581 g/mol. The van der Waals surface area contributed by atoms with Gasteiger partial charge in [0.05, 0.1) is 14.6 Å². The first-order chi connectivity index (χ1) is 20.4. The summed E-state index contributed by atoms with van der Waals surface area (Å²) in [6, 6.07) is 14.2. The van der Waals surface area contributed by atoms with Gasteiger partial charge in [0, 0.05) is 57.3 Å². The van der Waals surface area contributed by atoms with Gasteiger partial charge in [-0.3, -0.25) is 4.79 Å². The molecule has 7 rings (SSSR count). The van der Waals surface area contributed by atoms with Crippen LogP contribution in [0, 0.1) is 24.0 Å². The summed E-state index contributed by atoms with van der Waals surface area (Å²) in [4.78, 5) is 14.2. The SMILES string of the molecule is Cc1ccc(S(=O)(=O)n2c(C)cc3c(-c4cc(S(=N)(=O)C5CC5)ccc4NC4CCC5(CC4)CC5)cn(C)c(=O)c32)cc1. The summed E-state index contributed by atoms with van der Waals surface area (Å²) in [5.41, 5.74) is 3.83. The van der Waals surface area contributed by atoms with Gasteiger partial charge in [-0.05, 0) is 107 Å². The van der Waals surface area contributed by atoms with E-state index in [-0.39, 0.29) is 21.7 Å². The third kappa shape index (κ3) is 4.83. The van der Waals surface area contributed by atoms with Crippen molar-refractivity contribution in [2.45, 2.75) is 86.3 Å². The molecule has 0 bridgehead atoms. The van der Waals surface area contributed by atoms with Crippen LogP contribution in [0.5, 0.6) is 0 Å². The van der Waals surface area contributed by atoms with E-state index >= 15 is 0 Å². The Kier molecular flexibility index (Phi) is 6.49. The fourth-order valence-electron chi connectivity index (χ4n) is 6.78. The second kappa shape index (κ2) is 9.82. The van der Waals surface area contributed by atoms with Gasteiger partial charge in [0.2, 0.25) is 0 Å². The smallest absolute Gasteiger partial charge is 0.275 e. The predicted octanol–water partition coefficient (Wildman–Crippen LogP) is 6.56. The molecule has 3 saturated carbocycles. The van der Waals surface area contributed by atoms with Crippen molar-refractivity contribution >= 4 is 36.3 Å². The van der Waals surface area contributed by atoms with E-state index in [4.69, 9.17) is 4.78 Å². The minimum atomic E-state index is -4.07. The van der Waals surface area contributed by atoms with Crippen LogP contribution in [-0.2, 0) is 26.8 Å². The monoisotopic (exact) mass is 618 g/mol. The molecule has 0 amide bonds. The first-order valence-corrected chi connectivity index (χ1v) is 18.2. The zero-order valence-electron chi connectivity index (χ0n) is 24.9. The number of hydrogen-bond donors (Lipinski definition) is 2. The van der Waals surface area contributed by atoms with Gasteiger partial charge in [0.1, 0.15) is 5.52 Å². The van der Waals surface area contributed by atoms with Crippen LogP contribution in [0.2, 0.25) is 0 Å². The second-order valence-electron chi connectivity index (χ2n) is 13.0. The van der Waals surface area contributed by atoms with Gasteiger partial charge < -0.3 is 9.88 Å². The van der Waals surface area contributed by atoms with Crippen LogP contribution in [-0.4, -0.2) is 32.5 Å². The van der Waals surface area contributed by atoms with E-state index in [2.05, 4.69) is 5.32 Å². The molecule has 10 heteroatoms. The van der Waals surface area contributed by atoms with Gasteiger partial charge in [-0.25, -0.2) is 21.4 Å². The van der Waals surface area contributed by atoms with Gasteiger partial charge in [-0.1, -0.05) is 17.7 Å². The second-order valence-corrected chi connectivity index (χ2v) is 17.1. The molecule has 226 valence electrons. The molecule has 1 spiro atoms. The van der Waals surface area contributed by atoms with Crippen molar-refractivity contribution in [1.29, 1.82) is 4.78 Å². The summed E-state index contributed by atoms with van der Waals surface area (Å²) in [6.45, 7) is 3.59. The molecule has 3 aliphatic carbocycles. The number of nitrogens with one attached hydrogen (secondary N) is 2. The highest BCUT2D eigenvalue weighted by molar-refractivity contribution is 7.93. The molecule has 0 saturated heterocycles. The van der Waals surface area contributed by atoms with E-state index in [0.29, 0.717) is 27.0 Å². The highest BCUT2D eigenvalue weighted by atomic mass is 32.2. The Morgan fingerprint density at radius 2 is 1.51 bits per heavy atom. The lowest BCUT2D eigenvalue weighted by Gasteiger charge is -2.30. The molecular formula is C33H38N4O4S2. The minimum Gasteiger partial charge on any atom is -0.382 e. The average Bonchev–Trinajstić information content (AvgIpc) is 3.91. The zero-order chi connectivity index (χ0) is 30.3. The molecule has 43 heavy (non-hydrogen) atoms. The van der Waals surface area contributed by atoms with Gasteiger partial charge >= 0.3 is 0 Å². The molecule has 2 aromatic heterocycles. The number of aromatic nitrogens is 2. The Hall–Kier alpha value is -3.37. The number of hydrogen-bond acceptors (Lipinski definition) is 6. The van der Waals surface area contributed by atoms with E-state index in [1.807, 2.05) is 25.1 Å². The van der Waals surface area contributed by atoms with Crippen LogP contribution >= 0.6 is 0 Å². The molecule has 1 atom stereocenters. The number of nitrogens with zero attached hydrogens (tertiary/aromatic N) is 2. The molecule has 3 aliphatic rings. The van der Waals surface area contributed by atoms with Crippen molar-refractivity contribution in [3.8, 4) is 11.1 Å². The maximum absolute atomic E-state index is 13.9. The van der Waals surface area contributed by atoms with E-state index in [0.717, 1.165) is 46.5 Å². The largest absolute Gasteiger partial charge is 0.382 e. The van der Waals surface area contributed by atoms with E-state index in [1.165, 1.54) is 30.3 Å². The normalized spacial score (nSPS) is 19.9. The van der Waals surface area contributed by atoms with Gasteiger partial charge in [-0.15, -0.1) is 0 Å². The number of anilines is 1. The Morgan fingerprint density at radius 3 is 2.14 bits per heavy atom. The Labute approximate surface area is 253 Å². The Bertz CT molecular complexity index is 2040. The summed E-state index contributed by atoms with van der Waals surface area (Å²) in [6.07, 6.45) is 10.5. The fourth-order valence-corrected chi connectivity index (χ4v) is 10.1. The summed E-state index contributed by atoms with van der Waals surface area (Å²) in [5, 5.41) is 4.12. The summed E-state index contributed by atoms with van der Waals surface area (Å²) in [5.74, 6) is 0. The third-order valence-corrected chi connectivity index (χ3v) is 14.0. The molecule has 0 radical (unpaired) electrons. The van der Waals surface area contributed by atoms with E-state index in [9.17, 15) is 17.4 Å². The maximum Gasteiger partial charge on any atom is 0.275 e. The Balaban J connectivity index is 1.41. The molecule has 2 aromatic carbocycles. The van der Waals surface area contributed by atoms with Crippen LogP contribution in [0.15, 0.2) is 69.3 Å². The first-order valence-electron chi connectivity index (χ1n) is 15.1. The molecule has 0 aliphatic heterocycles. The van der Waals surface area contributed by atoms with Crippen LogP contribution in [0.1, 0.15) is 62.6 Å². The predicted molar refractivity (Wildman–Crippen MR) is 171 cm³/mol. The van der Waals surface area contributed by atoms with Crippen molar-refractivity contribution in [2.75, 3.05) is 5.32 Å². The fraction of sp³-hybridized carbons (Fsp3) is 0.424. The van der Waals surface area contributed by atoms with Crippen molar-refractivity contribution in [3.63, 3.8) is 0 Å². The molecule has 1 unspecified atom stereocenters.